The van der Waals surface area contributed by atoms with Gasteiger partial charge in [0.15, 0.2) is 0 Å². The van der Waals surface area contributed by atoms with E-state index in [9.17, 15) is 0 Å². The summed E-state index contributed by atoms with van der Waals surface area (Å²) in [5.74, 6) is 1.84. The molecule has 3 nitrogen and oxygen atoms in total. The molecule has 1 aromatic rings. The maximum Gasteiger partial charge on any atom is 0.0596 e. The third-order valence-electron chi connectivity index (χ3n) is 1.79. The molecule has 0 saturated carbocycles. The van der Waals surface area contributed by atoms with E-state index in [1.54, 1.807) is 11.8 Å². The van der Waals surface area contributed by atoms with Crippen LogP contribution in [0.2, 0.25) is 0 Å². The lowest BCUT2D eigenvalue weighted by Gasteiger charge is -2.02. The highest BCUT2D eigenvalue weighted by molar-refractivity contribution is 7.99. The molecular weight excluding hydrogens is 184 g/mol. The summed E-state index contributed by atoms with van der Waals surface area (Å²) in [5, 5.41) is 12.9. The van der Waals surface area contributed by atoms with Gasteiger partial charge in [-0.1, -0.05) is 0 Å². The zero-order valence-corrected chi connectivity index (χ0v) is 8.97. The monoisotopic (exact) mass is 200 g/mol. The Morgan fingerprint density at radius 2 is 2.23 bits per heavy atom. The zero-order valence-electron chi connectivity index (χ0n) is 8.16. The molecule has 0 aliphatic carbocycles. The molecule has 0 saturated heterocycles. The molecule has 0 aliphatic rings. The maximum atomic E-state index is 8.58. The van der Waals surface area contributed by atoms with Crippen LogP contribution in [0.15, 0.2) is 6.07 Å². The number of thioether (sulfide) groups is 1. The minimum atomic E-state index is 0.266. The van der Waals surface area contributed by atoms with E-state index in [2.05, 4.69) is 18.1 Å². The summed E-state index contributed by atoms with van der Waals surface area (Å²) in [6.45, 7) is 5.27. The first-order valence-electron chi connectivity index (χ1n) is 4.43. The van der Waals surface area contributed by atoms with Crippen molar-refractivity contribution in [1.29, 1.82) is 0 Å². The SMILES string of the molecule is Cc1cc(C)n(CCSCCO)n1. The fourth-order valence-corrected chi connectivity index (χ4v) is 1.85. The number of hydrogen-bond donors (Lipinski definition) is 1. The van der Waals surface area contributed by atoms with Crippen molar-refractivity contribution < 1.29 is 5.11 Å². The van der Waals surface area contributed by atoms with Crippen LogP contribution in [0.1, 0.15) is 11.4 Å². The van der Waals surface area contributed by atoms with Gasteiger partial charge in [-0.15, -0.1) is 0 Å². The number of aliphatic hydroxyl groups is 1. The molecule has 0 fully saturated rings. The first-order chi connectivity index (χ1) is 6.24. The fraction of sp³-hybridized carbons (Fsp3) is 0.667. The predicted molar refractivity (Wildman–Crippen MR) is 56.1 cm³/mol. The Morgan fingerprint density at radius 1 is 1.46 bits per heavy atom. The van der Waals surface area contributed by atoms with E-state index in [-0.39, 0.29) is 6.61 Å². The topological polar surface area (TPSA) is 38.0 Å². The Kier molecular flexibility index (Phi) is 4.32. The summed E-state index contributed by atoms with van der Waals surface area (Å²) in [4.78, 5) is 0. The molecule has 0 aliphatic heterocycles. The maximum absolute atomic E-state index is 8.58. The molecule has 1 aromatic heterocycles. The van der Waals surface area contributed by atoms with Gasteiger partial charge >= 0.3 is 0 Å². The van der Waals surface area contributed by atoms with E-state index in [1.807, 2.05) is 11.6 Å². The Morgan fingerprint density at radius 3 is 2.77 bits per heavy atom. The largest absolute Gasteiger partial charge is 0.396 e. The molecule has 0 spiro atoms. The minimum Gasteiger partial charge on any atom is -0.396 e. The molecule has 1 rings (SSSR count). The normalized spacial score (nSPS) is 10.7. The van der Waals surface area contributed by atoms with Crippen molar-refractivity contribution in [2.75, 3.05) is 18.1 Å². The van der Waals surface area contributed by atoms with E-state index in [0.717, 1.165) is 23.7 Å². The standard InChI is InChI=1S/C9H16N2OS/c1-8-7-9(2)11(10-8)3-5-13-6-4-12/h7,12H,3-6H2,1-2H3. The Balaban J connectivity index is 2.32. The van der Waals surface area contributed by atoms with Crippen LogP contribution in [0.3, 0.4) is 0 Å². The van der Waals surface area contributed by atoms with Crippen LogP contribution in [-0.2, 0) is 6.54 Å². The second-order valence-corrected chi connectivity index (χ2v) is 4.21. The lowest BCUT2D eigenvalue weighted by Crippen LogP contribution is -2.05. The molecule has 0 amide bonds. The summed E-state index contributed by atoms with van der Waals surface area (Å²) >= 11 is 1.76. The van der Waals surface area contributed by atoms with Crippen molar-refractivity contribution in [2.24, 2.45) is 0 Å². The van der Waals surface area contributed by atoms with Gasteiger partial charge in [-0.2, -0.15) is 16.9 Å². The van der Waals surface area contributed by atoms with Crippen LogP contribution >= 0.6 is 11.8 Å². The molecule has 74 valence electrons. The van der Waals surface area contributed by atoms with Crippen molar-refractivity contribution in [3.63, 3.8) is 0 Å². The minimum absolute atomic E-state index is 0.266. The van der Waals surface area contributed by atoms with Gasteiger partial charge in [0.05, 0.1) is 18.8 Å². The summed E-state index contributed by atoms with van der Waals surface area (Å²) < 4.78 is 2.01. The number of aliphatic hydroxyl groups excluding tert-OH is 1. The quantitative estimate of drug-likeness (QED) is 0.726. The van der Waals surface area contributed by atoms with E-state index in [0.29, 0.717) is 0 Å². The number of rotatable bonds is 5. The van der Waals surface area contributed by atoms with Crippen LogP contribution in [0.4, 0.5) is 0 Å². The Hall–Kier alpha value is -0.480. The van der Waals surface area contributed by atoms with E-state index < -0.39 is 0 Å². The number of aryl methyl sites for hydroxylation is 3. The van der Waals surface area contributed by atoms with Crippen LogP contribution < -0.4 is 0 Å². The molecule has 0 unspecified atom stereocenters. The number of hydrogen-bond acceptors (Lipinski definition) is 3. The fourth-order valence-electron chi connectivity index (χ4n) is 1.22. The first-order valence-corrected chi connectivity index (χ1v) is 5.59. The summed E-state index contributed by atoms with van der Waals surface area (Å²) in [6.07, 6.45) is 0. The van der Waals surface area contributed by atoms with Crippen LogP contribution in [0.5, 0.6) is 0 Å². The zero-order chi connectivity index (χ0) is 9.68. The molecule has 1 N–H and O–H groups in total. The summed E-state index contributed by atoms with van der Waals surface area (Å²) in [5.41, 5.74) is 2.28. The van der Waals surface area contributed by atoms with Crippen molar-refractivity contribution in [3.8, 4) is 0 Å². The van der Waals surface area contributed by atoms with Gasteiger partial charge < -0.3 is 5.11 Å². The van der Waals surface area contributed by atoms with E-state index in [1.165, 1.54) is 5.69 Å². The molecule has 0 aromatic carbocycles. The van der Waals surface area contributed by atoms with Gasteiger partial charge in [0.25, 0.3) is 0 Å². The van der Waals surface area contributed by atoms with Gasteiger partial charge in [0.1, 0.15) is 0 Å². The van der Waals surface area contributed by atoms with Crippen molar-refractivity contribution in [3.05, 3.63) is 17.5 Å². The van der Waals surface area contributed by atoms with E-state index in [4.69, 9.17) is 5.11 Å². The molecule has 0 bridgehead atoms. The molecular formula is C9H16N2OS. The molecule has 1 heterocycles. The predicted octanol–water partition coefficient (Wildman–Crippen LogP) is 1.23. The number of aromatic nitrogens is 2. The third-order valence-corrected chi connectivity index (χ3v) is 2.73. The van der Waals surface area contributed by atoms with Crippen LogP contribution in [0.25, 0.3) is 0 Å². The Labute approximate surface area is 83.1 Å². The van der Waals surface area contributed by atoms with Crippen molar-refractivity contribution in [1.82, 2.24) is 9.78 Å². The first kappa shape index (κ1) is 10.6. The van der Waals surface area contributed by atoms with Gasteiger partial charge in [-0.05, 0) is 19.9 Å². The van der Waals surface area contributed by atoms with Crippen molar-refractivity contribution in [2.45, 2.75) is 20.4 Å². The van der Waals surface area contributed by atoms with Crippen LogP contribution in [0, 0.1) is 13.8 Å². The lowest BCUT2D eigenvalue weighted by atomic mass is 10.4. The number of nitrogens with zero attached hydrogens (tertiary/aromatic N) is 2. The molecule has 4 heteroatoms. The van der Waals surface area contributed by atoms with Gasteiger partial charge in [-0.3, -0.25) is 4.68 Å². The average molecular weight is 200 g/mol. The van der Waals surface area contributed by atoms with Gasteiger partial charge in [0.2, 0.25) is 0 Å². The lowest BCUT2D eigenvalue weighted by molar-refractivity contribution is 0.322. The second kappa shape index (κ2) is 5.29. The molecule has 0 atom stereocenters. The van der Waals surface area contributed by atoms with Gasteiger partial charge in [-0.25, -0.2) is 0 Å². The molecule has 13 heavy (non-hydrogen) atoms. The average Bonchev–Trinajstić information content (AvgIpc) is 2.39. The Bertz CT molecular complexity index is 260. The third kappa shape index (κ3) is 3.40. The highest BCUT2D eigenvalue weighted by Crippen LogP contribution is 2.05. The van der Waals surface area contributed by atoms with Crippen molar-refractivity contribution >= 4 is 11.8 Å². The highest BCUT2D eigenvalue weighted by atomic mass is 32.2. The van der Waals surface area contributed by atoms with Crippen LogP contribution in [-0.4, -0.2) is 33.0 Å². The smallest absolute Gasteiger partial charge is 0.0596 e. The van der Waals surface area contributed by atoms with Gasteiger partial charge in [0, 0.05) is 17.2 Å². The highest BCUT2D eigenvalue weighted by Gasteiger charge is 1.99. The summed E-state index contributed by atoms with van der Waals surface area (Å²) in [7, 11) is 0. The summed E-state index contributed by atoms with van der Waals surface area (Å²) in [6, 6.07) is 2.08. The second-order valence-electron chi connectivity index (χ2n) is 2.99. The molecule has 0 radical (unpaired) electrons. The van der Waals surface area contributed by atoms with E-state index >= 15 is 0 Å².